The molecule has 116 valence electrons. The van der Waals surface area contributed by atoms with Gasteiger partial charge in [-0.25, -0.2) is 0 Å². The zero-order valence-electron chi connectivity index (χ0n) is 12.9. The molecule has 1 aliphatic heterocycles. The van der Waals surface area contributed by atoms with E-state index in [0.29, 0.717) is 0 Å². The summed E-state index contributed by atoms with van der Waals surface area (Å²) in [5.41, 5.74) is 5.47. The maximum atomic E-state index is 4.33. The Hall–Kier alpha value is -1.69. The molecular weight excluding hydrogens is 322 g/mol. The van der Waals surface area contributed by atoms with E-state index < -0.39 is 0 Å². The first-order valence-corrected chi connectivity index (χ1v) is 9.62. The highest BCUT2D eigenvalue weighted by Gasteiger charge is 2.19. The lowest BCUT2D eigenvalue weighted by Crippen LogP contribution is -2.21. The van der Waals surface area contributed by atoms with Gasteiger partial charge in [0.2, 0.25) is 0 Å². The summed E-state index contributed by atoms with van der Waals surface area (Å²) in [6.07, 6.45) is 2.04. The molecule has 3 aromatic rings. The normalized spacial score (nSPS) is 14.1. The Morgan fingerprint density at radius 2 is 1.57 bits per heavy atom. The number of benzene rings is 2. The maximum absolute atomic E-state index is 4.33. The van der Waals surface area contributed by atoms with E-state index in [1.54, 1.807) is 23.1 Å². The van der Waals surface area contributed by atoms with Crippen molar-refractivity contribution < 1.29 is 0 Å². The SMILES string of the molecule is CSc1nnc(CN2Cc3ccccc3-c3ccccc3C2)s1. The highest BCUT2D eigenvalue weighted by Crippen LogP contribution is 2.33. The minimum absolute atomic E-state index is 0.848. The molecule has 2 aromatic carbocycles. The fraction of sp³-hybridized carbons (Fsp3) is 0.222. The lowest BCUT2D eigenvalue weighted by molar-refractivity contribution is 0.249. The van der Waals surface area contributed by atoms with Crippen LogP contribution < -0.4 is 0 Å². The van der Waals surface area contributed by atoms with Crippen LogP contribution in [0.1, 0.15) is 16.1 Å². The highest BCUT2D eigenvalue weighted by atomic mass is 32.2. The van der Waals surface area contributed by atoms with Gasteiger partial charge in [-0.2, -0.15) is 0 Å². The molecule has 3 nitrogen and oxygen atoms in total. The van der Waals surface area contributed by atoms with Crippen molar-refractivity contribution in [1.29, 1.82) is 0 Å². The smallest absolute Gasteiger partial charge is 0.174 e. The summed E-state index contributed by atoms with van der Waals surface area (Å²) in [6, 6.07) is 17.4. The van der Waals surface area contributed by atoms with Gasteiger partial charge < -0.3 is 0 Å². The fourth-order valence-corrected chi connectivity index (χ4v) is 4.42. The van der Waals surface area contributed by atoms with Crippen LogP contribution in [-0.4, -0.2) is 21.4 Å². The van der Waals surface area contributed by atoms with Crippen LogP contribution in [0, 0.1) is 0 Å². The monoisotopic (exact) mass is 339 g/mol. The van der Waals surface area contributed by atoms with Gasteiger partial charge in [-0.05, 0) is 28.5 Å². The average Bonchev–Trinajstić information content (AvgIpc) is 2.97. The fourth-order valence-electron chi connectivity index (χ4n) is 3.07. The Balaban J connectivity index is 1.69. The number of rotatable bonds is 3. The van der Waals surface area contributed by atoms with Gasteiger partial charge in [0.15, 0.2) is 4.34 Å². The topological polar surface area (TPSA) is 29.0 Å². The van der Waals surface area contributed by atoms with Gasteiger partial charge in [-0.3, -0.25) is 4.90 Å². The molecule has 0 N–H and O–H groups in total. The zero-order valence-corrected chi connectivity index (χ0v) is 14.5. The van der Waals surface area contributed by atoms with Gasteiger partial charge in [0.1, 0.15) is 5.01 Å². The largest absolute Gasteiger partial charge is 0.288 e. The predicted octanol–water partition coefficient (Wildman–Crippen LogP) is 4.44. The molecule has 0 bridgehead atoms. The molecule has 0 unspecified atom stereocenters. The van der Waals surface area contributed by atoms with E-state index in [1.165, 1.54) is 22.3 Å². The van der Waals surface area contributed by atoms with Crippen LogP contribution in [0.2, 0.25) is 0 Å². The lowest BCUT2D eigenvalue weighted by atomic mass is 9.97. The Morgan fingerprint density at radius 1 is 0.957 bits per heavy atom. The molecule has 0 aliphatic carbocycles. The van der Waals surface area contributed by atoms with Crippen LogP contribution in [0.15, 0.2) is 52.9 Å². The summed E-state index contributed by atoms with van der Waals surface area (Å²) in [5.74, 6) is 0. The van der Waals surface area contributed by atoms with Crippen LogP contribution in [0.5, 0.6) is 0 Å². The van der Waals surface area contributed by atoms with E-state index in [9.17, 15) is 0 Å². The second-order valence-electron chi connectivity index (χ2n) is 5.63. The lowest BCUT2D eigenvalue weighted by Gasteiger charge is -2.19. The Morgan fingerprint density at radius 3 is 2.13 bits per heavy atom. The van der Waals surface area contributed by atoms with Gasteiger partial charge in [-0.1, -0.05) is 71.6 Å². The Labute approximate surface area is 144 Å². The van der Waals surface area contributed by atoms with Crippen molar-refractivity contribution in [3.63, 3.8) is 0 Å². The number of thioether (sulfide) groups is 1. The number of fused-ring (bicyclic) bond motifs is 3. The molecule has 0 saturated carbocycles. The van der Waals surface area contributed by atoms with Crippen LogP contribution in [-0.2, 0) is 19.6 Å². The number of hydrogen-bond acceptors (Lipinski definition) is 5. The molecule has 5 heteroatoms. The first-order valence-electron chi connectivity index (χ1n) is 7.58. The van der Waals surface area contributed by atoms with Gasteiger partial charge in [0.05, 0.1) is 6.54 Å². The second-order valence-corrected chi connectivity index (χ2v) is 7.74. The number of aromatic nitrogens is 2. The van der Waals surface area contributed by atoms with E-state index in [4.69, 9.17) is 0 Å². The van der Waals surface area contributed by atoms with E-state index in [-0.39, 0.29) is 0 Å². The third kappa shape index (κ3) is 3.04. The zero-order chi connectivity index (χ0) is 15.6. The molecular formula is C18H17N3S2. The molecule has 2 heterocycles. The van der Waals surface area contributed by atoms with Crippen molar-refractivity contribution in [2.75, 3.05) is 6.26 Å². The minimum Gasteiger partial charge on any atom is -0.288 e. The predicted molar refractivity (Wildman–Crippen MR) is 96.5 cm³/mol. The van der Waals surface area contributed by atoms with Crippen molar-refractivity contribution >= 4 is 23.1 Å². The number of hydrogen-bond donors (Lipinski definition) is 0. The average molecular weight is 339 g/mol. The summed E-state index contributed by atoms with van der Waals surface area (Å²) >= 11 is 3.35. The standard InChI is InChI=1S/C18H17N3S2/c1-22-18-20-19-17(23-18)12-21-10-13-6-2-4-8-15(13)16-9-5-3-7-14(16)11-21/h2-9H,10-12H2,1H3. The van der Waals surface area contributed by atoms with Crippen LogP contribution in [0.4, 0.5) is 0 Å². The van der Waals surface area contributed by atoms with Crippen molar-refractivity contribution in [3.05, 3.63) is 64.7 Å². The highest BCUT2D eigenvalue weighted by molar-refractivity contribution is 8.00. The molecule has 0 spiro atoms. The summed E-state index contributed by atoms with van der Waals surface area (Å²) in [7, 11) is 0. The van der Waals surface area contributed by atoms with Crippen molar-refractivity contribution in [1.82, 2.24) is 15.1 Å². The molecule has 1 aliphatic rings. The Bertz CT molecular complexity index is 781. The van der Waals surface area contributed by atoms with Crippen molar-refractivity contribution in [2.24, 2.45) is 0 Å². The summed E-state index contributed by atoms with van der Waals surface area (Å²) in [4.78, 5) is 2.45. The first kappa shape index (κ1) is 14.9. The summed E-state index contributed by atoms with van der Waals surface area (Å²) in [5, 5.41) is 9.64. The van der Waals surface area contributed by atoms with E-state index in [0.717, 1.165) is 29.0 Å². The van der Waals surface area contributed by atoms with E-state index in [1.807, 2.05) is 6.26 Å². The molecule has 0 radical (unpaired) electrons. The number of nitrogens with zero attached hydrogens (tertiary/aromatic N) is 3. The van der Waals surface area contributed by atoms with E-state index >= 15 is 0 Å². The van der Waals surface area contributed by atoms with Gasteiger partial charge in [-0.15, -0.1) is 10.2 Å². The summed E-state index contributed by atoms with van der Waals surface area (Å²) < 4.78 is 1.04. The molecule has 0 amide bonds. The quantitative estimate of drug-likeness (QED) is 0.660. The van der Waals surface area contributed by atoms with Crippen LogP contribution in [0.25, 0.3) is 11.1 Å². The molecule has 0 saturated heterocycles. The minimum atomic E-state index is 0.848. The molecule has 1 aromatic heterocycles. The molecule has 23 heavy (non-hydrogen) atoms. The van der Waals surface area contributed by atoms with Crippen LogP contribution in [0.3, 0.4) is 0 Å². The second kappa shape index (κ2) is 6.43. The van der Waals surface area contributed by atoms with Gasteiger partial charge >= 0.3 is 0 Å². The van der Waals surface area contributed by atoms with Gasteiger partial charge in [0, 0.05) is 13.1 Å². The van der Waals surface area contributed by atoms with Gasteiger partial charge in [0.25, 0.3) is 0 Å². The van der Waals surface area contributed by atoms with Crippen LogP contribution >= 0.6 is 23.1 Å². The third-order valence-corrected chi connectivity index (χ3v) is 5.98. The molecule has 0 fully saturated rings. The molecule has 4 rings (SSSR count). The van der Waals surface area contributed by atoms with Crippen molar-refractivity contribution in [3.8, 4) is 11.1 Å². The summed E-state index contributed by atoms with van der Waals surface area (Å²) in [6.45, 7) is 2.74. The third-order valence-electron chi connectivity index (χ3n) is 4.09. The van der Waals surface area contributed by atoms with E-state index in [2.05, 4.69) is 63.6 Å². The maximum Gasteiger partial charge on any atom is 0.174 e. The first-order chi connectivity index (χ1) is 11.3. The molecule has 0 atom stereocenters. The Kier molecular flexibility index (Phi) is 4.16. The van der Waals surface area contributed by atoms with Crippen molar-refractivity contribution in [2.45, 2.75) is 24.0 Å².